The summed E-state index contributed by atoms with van der Waals surface area (Å²) in [5.41, 5.74) is 0. The minimum atomic E-state index is 0. The van der Waals surface area contributed by atoms with Gasteiger partial charge in [0.05, 0.1) is 0 Å². The van der Waals surface area contributed by atoms with Crippen molar-refractivity contribution in [3.63, 3.8) is 0 Å². The average Bonchev–Trinajstić information content (AvgIpc) is 1.37. The van der Waals surface area contributed by atoms with Gasteiger partial charge in [-0.15, -0.1) is 0 Å². The Kier molecular flexibility index (Phi) is 15.9. The van der Waals surface area contributed by atoms with Crippen molar-refractivity contribution in [2.45, 2.75) is 13.3 Å². The van der Waals surface area contributed by atoms with Crippen molar-refractivity contribution in [3.8, 4) is 5.92 Å². The van der Waals surface area contributed by atoms with Gasteiger partial charge in [0, 0.05) is 0 Å². The van der Waals surface area contributed by atoms with E-state index in [1.165, 1.54) is 0 Å². The van der Waals surface area contributed by atoms with Crippen molar-refractivity contribution in [3.05, 3.63) is 6.42 Å². The molecule has 1 heteroatoms. The molecule has 0 aromatic rings. The van der Waals surface area contributed by atoms with Crippen LogP contribution >= 0.6 is 0 Å². The first-order valence-electron chi connectivity index (χ1n) is 1.31. The molecule has 0 aliphatic rings. The van der Waals surface area contributed by atoms with Crippen LogP contribution in [0.25, 0.3) is 0 Å². The van der Waals surface area contributed by atoms with Crippen LogP contribution in [0.1, 0.15) is 13.3 Å². The molecule has 0 rings (SSSR count). The molecule has 0 aliphatic heterocycles. The maximum atomic E-state index is 6.20. The van der Waals surface area contributed by atoms with Crippen LogP contribution in [0.15, 0.2) is 0 Å². The molecule has 0 aromatic heterocycles. The summed E-state index contributed by atoms with van der Waals surface area (Å²) in [7, 11) is 0. The first kappa shape index (κ1) is 9.00. The molecule has 0 aliphatic carbocycles. The fourth-order valence-electron chi connectivity index (χ4n) is 0. The summed E-state index contributed by atoms with van der Waals surface area (Å²) < 4.78 is 0. The van der Waals surface area contributed by atoms with Crippen molar-refractivity contribution < 1.29 is 22.4 Å². The molecule has 0 spiro atoms. The molecule has 0 saturated heterocycles. The molecule has 0 amide bonds. The molecular formula is C4H5Ag. The largest absolute Gasteiger partial charge is 1.00 e. The van der Waals surface area contributed by atoms with Crippen LogP contribution in [-0.4, -0.2) is 0 Å². The van der Waals surface area contributed by atoms with Crippen LogP contribution in [-0.2, 0) is 22.4 Å². The van der Waals surface area contributed by atoms with E-state index in [0.29, 0.717) is 0 Å². The second-order valence-corrected chi connectivity index (χ2v) is 0.530. The van der Waals surface area contributed by atoms with Gasteiger partial charge in [-0.25, -0.2) is 0 Å². The van der Waals surface area contributed by atoms with Gasteiger partial charge < -0.3 is 12.3 Å². The summed E-state index contributed by atoms with van der Waals surface area (Å²) in [6.45, 7) is 1.88. The van der Waals surface area contributed by atoms with E-state index in [2.05, 4.69) is 5.92 Å². The van der Waals surface area contributed by atoms with Gasteiger partial charge in [0.2, 0.25) is 0 Å². The van der Waals surface area contributed by atoms with E-state index in [-0.39, 0.29) is 22.4 Å². The van der Waals surface area contributed by atoms with Crippen LogP contribution in [0.2, 0.25) is 0 Å². The Morgan fingerprint density at radius 2 is 2.00 bits per heavy atom. The summed E-state index contributed by atoms with van der Waals surface area (Å²) in [5, 5.41) is 0. The SMILES string of the molecule is [Ag+].[C-]#CCC. The quantitative estimate of drug-likeness (QED) is 0.282. The van der Waals surface area contributed by atoms with Crippen molar-refractivity contribution >= 4 is 0 Å². The van der Waals surface area contributed by atoms with E-state index in [4.69, 9.17) is 6.42 Å². The molecule has 0 radical (unpaired) electrons. The summed E-state index contributed by atoms with van der Waals surface area (Å²) in [6, 6.07) is 0. The van der Waals surface area contributed by atoms with Crippen LogP contribution in [0.3, 0.4) is 0 Å². The van der Waals surface area contributed by atoms with E-state index < -0.39 is 0 Å². The van der Waals surface area contributed by atoms with Crippen molar-refractivity contribution in [1.29, 1.82) is 0 Å². The zero-order valence-electron chi connectivity index (χ0n) is 3.01. The fraction of sp³-hybridized carbons (Fsp3) is 0.500. The van der Waals surface area contributed by atoms with Gasteiger partial charge in [0.1, 0.15) is 0 Å². The molecule has 0 saturated carbocycles. The molecule has 32 valence electrons. The molecule has 0 unspecified atom stereocenters. The first-order chi connectivity index (χ1) is 1.91. The number of hydrogen-bond donors (Lipinski definition) is 0. The molecule has 0 nitrogen and oxygen atoms in total. The maximum Gasteiger partial charge on any atom is 1.00 e. The van der Waals surface area contributed by atoms with Crippen LogP contribution in [0.4, 0.5) is 0 Å². The van der Waals surface area contributed by atoms with Gasteiger partial charge in [-0.1, -0.05) is 6.92 Å². The standard InChI is InChI=1S/C4H5.Ag/c1-3-4-2;/h3H2,1H3;/q-1;+1. The van der Waals surface area contributed by atoms with Gasteiger partial charge in [-0.3, -0.25) is 0 Å². The van der Waals surface area contributed by atoms with Crippen molar-refractivity contribution in [2.24, 2.45) is 0 Å². The minimum absolute atomic E-state index is 0. The Morgan fingerprint density at radius 3 is 2.00 bits per heavy atom. The molecule has 0 fully saturated rings. The van der Waals surface area contributed by atoms with Crippen molar-refractivity contribution in [2.75, 3.05) is 0 Å². The van der Waals surface area contributed by atoms with E-state index >= 15 is 0 Å². The predicted molar refractivity (Wildman–Crippen MR) is 17.4 cm³/mol. The van der Waals surface area contributed by atoms with Gasteiger partial charge in [-0.05, 0) is 6.42 Å². The third-order valence-corrected chi connectivity index (χ3v) is 0.177. The molecule has 5 heavy (non-hydrogen) atoms. The number of rotatable bonds is 0. The summed E-state index contributed by atoms with van der Waals surface area (Å²) in [6.07, 6.45) is 6.94. The minimum Gasteiger partial charge on any atom is -0.694 e. The predicted octanol–water partition coefficient (Wildman–Crippen LogP) is 0.984. The van der Waals surface area contributed by atoms with Gasteiger partial charge in [0.15, 0.2) is 0 Å². The summed E-state index contributed by atoms with van der Waals surface area (Å²) in [5.74, 6) is 2.18. The topological polar surface area (TPSA) is 0 Å². The molecular weight excluding hydrogens is 156 g/mol. The first-order valence-corrected chi connectivity index (χ1v) is 1.31. The third kappa shape index (κ3) is 13.5. The van der Waals surface area contributed by atoms with E-state index in [1.54, 1.807) is 0 Å². The van der Waals surface area contributed by atoms with Crippen molar-refractivity contribution in [1.82, 2.24) is 0 Å². The second-order valence-electron chi connectivity index (χ2n) is 0.530. The second kappa shape index (κ2) is 8.85. The van der Waals surface area contributed by atoms with E-state index in [0.717, 1.165) is 6.42 Å². The Bertz CT molecular complexity index is 33.4. The Labute approximate surface area is 48.5 Å². The fourth-order valence-corrected chi connectivity index (χ4v) is 0. The zero-order valence-corrected chi connectivity index (χ0v) is 4.49. The zero-order chi connectivity index (χ0) is 3.41. The normalized spacial score (nSPS) is 4.00. The molecule has 0 heterocycles. The van der Waals surface area contributed by atoms with Crippen LogP contribution in [0, 0.1) is 12.3 Å². The molecule has 0 bridgehead atoms. The third-order valence-electron chi connectivity index (χ3n) is 0.177. The molecule has 0 aromatic carbocycles. The Hall–Kier alpha value is 0.300. The molecule has 0 N–H and O–H groups in total. The summed E-state index contributed by atoms with van der Waals surface area (Å²) in [4.78, 5) is 0. The van der Waals surface area contributed by atoms with E-state index in [1.807, 2.05) is 6.92 Å². The van der Waals surface area contributed by atoms with Gasteiger partial charge >= 0.3 is 22.4 Å². The maximum absolute atomic E-state index is 6.20. The Balaban J connectivity index is 0. The monoisotopic (exact) mass is 160 g/mol. The van der Waals surface area contributed by atoms with Crippen LogP contribution < -0.4 is 0 Å². The summed E-state index contributed by atoms with van der Waals surface area (Å²) >= 11 is 0. The van der Waals surface area contributed by atoms with Gasteiger partial charge in [-0.2, -0.15) is 0 Å². The van der Waals surface area contributed by atoms with E-state index in [9.17, 15) is 0 Å². The smallest absolute Gasteiger partial charge is 0.694 e. The van der Waals surface area contributed by atoms with Crippen LogP contribution in [0.5, 0.6) is 0 Å². The average molecular weight is 161 g/mol. The number of hydrogen-bond acceptors (Lipinski definition) is 0. The van der Waals surface area contributed by atoms with Gasteiger partial charge in [0.25, 0.3) is 0 Å². The molecule has 0 atom stereocenters. The Morgan fingerprint density at radius 1 is 1.80 bits per heavy atom.